The van der Waals surface area contributed by atoms with Crippen molar-refractivity contribution in [2.24, 2.45) is 5.92 Å². The van der Waals surface area contributed by atoms with Gasteiger partial charge in [0.15, 0.2) is 0 Å². The summed E-state index contributed by atoms with van der Waals surface area (Å²) in [6.07, 6.45) is 6.31. The Morgan fingerprint density at radius 2 is 1.87 bits per heavy atom. The summed E-state index contributed by atoms with van der Waals surface area (Å²) in [5.74, 6) is -0.577. The molecule has 0 aromatic carbocycles. The minimum atomic E-state index is -0.298. The molecule has 0 N–H and O–H groups in total. The number of esters is 1. The predicted molar refractivity (Wildman–Crippen MR) is 92.1 cm³/mol. The molecular formula is C18H32N2O3. The van der Waals surface area contributed by atoms with Crippen molar-refractivity contribution in [2.45, 2.75) is 46.5 Å². The van der Waals surface area contributed by atoms with Crippen molar-refractivity contribution in [2.75, 3.05) is 39.8 Å². The Labute approximate surface area is 140 Å². The van der Waals surface area contributed by atoms with Gasteiger partial charge in [-0.2, -0.15) is 0 Å². The zero-order valence-corrected chi connectivity index (χ0v) is 15.1. The number of rotatable bonds is 9. The SMILES string of the molecule is COC(=O)C(C)CN(CCCCN1CCCC1)C(=O)C=C(C)C. The number of unbranched alkanes of at least 4 members (excludes halogenated alkanes) is 1. The maximum Gasteiger partial charge on any atom is 0.310 e. The van der Waals surface area contributed by atoms with E-state index in [2.05, 4.69) is 4.90 Å². The molecule has 0 radical (unpaired) electrons. The summed E-state index contributed by atoms with van der Waals surface area (Å²) < 4.78 is 4.77. The fourth-order valence-electron chi connectivity index (χ4n) is 2.88. The highest BCUT2D eigenvalue weighted by Crippen LogP contribution is 2.10. The lowest BCUT2D eigenvalue weighted by atomic mass is 10.1. The lowest BCUT2D eigenvalue weighted by molar-refractivity contribution is -0.146. The Bertz CT molecular complexity index is 410. The van der Waals surface area contributed by atoms with Crippen LogP contribution in [0.4, 0.5) is 0 Å². The van der Waals surface area contributed by atoms with E-state index in [9.17, 15) is 9.59 Å². The molecule has 1 amide bonds. The summed E-state index contributed by atoms with van der Waals surface area (Å²) in [7, 11) is 1.39. The number of hydrogen-bond donors (Lipinski definition) is 0. The molecule has 1 aliphatic rings. The number of nitrogens with zero attached hydrogens (tertiary/aromatic N) is 2. The van der Waals surface area contributed by atoms with Gasteiger partial charge in [-0.1, -0.05) is 12.5 Å². The second-order valence-electron chi connectivity index (χ2n) is 6.69. The van der Waals surface area contributed by atoms with E-state index in [0.717, 1.165) is 25.0 Å². The fraction of sp³-hybridized carbons (Fsp3) is 0.778. The first-order chi connectivity index (χ1) is 10.9. The van der Waals surface area contributed by atoms with Crippen molar-refractivity contribution < 1.29 is 14.3 Å². The van der Waals surface area contributed by atoms with Crippen LogP contribution in [-0.4, -0.2) is 61.5 Å². The van der Waals surface area contributed by atoms with Crippen LogP contribution in [0.2, 0.25) is 0 Å². The number of amides is 1. The quantitative estimate of drug-likeness (QED) is 0.371. The first kappa shape index (κ1) is 19.7. The molecule has 1 unspecified atom stereocenters. The van der Waals surface area contributed by atoms with Crippen LogP contribution in [0.1, 0.15) is 46.5 Å². The van der Waals surface area contributed by atoms with Crippen molar-refractivity contribution in [1.82, 2.24) is 9.80 Å². The van der Waals surface area contributed by atoms with Crippen LogP contribution >= 0.6 is 0 Å². The van der Waals surface area contributed by atoms with Crippen LogP contribution in [0, 0.1) is 5.92 Å². The average molecular weight is 324 g/mol. The topological polar surface area (TPSA) is 49.9 Å². The van der Waals surface area contributed by atoms with E-state index in [1.165, 1.54) is 33.0 Å². The van der Waals surface area contributed by atoms with Crippen LogP contribution in [0.25, 0.3) is 0 Å². The Hall–Kier alpha value is -1.36. The molecule has 1 heterocycles. The molecule has 23 heavy (non-hydrogen) atoms. The van der Waals surface area contributed by atoms with Crippen LogP contribution in [0.15, 0.2) is 11.6 Å². The molecule has 0 aromatic rings. The average Bonchev–Trinajstić information content (AvgIpc) is 3.01. The largest absolute Gasteiger partial charge is 0.469 e. The molecule has 0 saturated carbocycles. The van der Waals surface area contributed by atoms with Gasteiger partial charge in [0.1, 0.15) is 0 Å². The number of likely N-dealkylation sites (tertiary alicyclic amines) is 1. The van der Waals surface area contributed by atoms with Gasteiger partial charge in [-0.3, -0.25) is 9.59 Å². The Morgan fingerprint density at radius 1 is 1.22 bits per heavy atom. The van der Waals surface area contributed by atoms with E-state index in [1.54, 1.807) is 17.9 Å². The summed E-state index contributed by atoms with van der Waals surface area (Å²) in [6, 6.07) is 0. The molecule has 0 bridgehead atoms. The lowest BCUT2D eigenvalue weighted by Gasteiger charge is -2.24. The molecule has 0 aromatic heterocycles. The highest BCUT2D eigenvalue weighted by Gasteiger charge is 2.20. The maximum atomic E-state index is 12.3. The van der Waals surface area contributed by atoms with Gasteiger partial charge >= 0.3 is 5.97 Å². The second kappa shape index (κ2) is 10.4. The van der Waals surface area contributed by atoms with Gasteiger partial charge in [-0.15, -0.1) is 0 Å². The van der Waals surface area contributed by atoms with Crippen molar-refractivity contribution >= 4 is 11.9 Å². The van der Waals surface area contributed by atoms with Gasteiger partial charge in [0.2, 0.25) is 5.91 Å². The van der Waals surface area contributed by atoms with Gasteiger partial charge in [-0.25, -0.2) is 0 Å². The lowest BCUT2D eigenvalue weighted by Crippen LogP contribution is -2.37. The van der Waals surface area contributed by atoms with E-state index in [4.69, 9.17) is 4.74 Å². The highest BCUT2D eigenvalue weighted by atomic mass is 16.5. The Balaban J connectivity index is 2.47. The number of carbonyl (C=O) groups is 2. The summed E-state index contributed by atoms with van der Waals surface area (Å²) in [5, 5.41) is 0. The molecule has 132 valence electrons. The molecule has 0 spiro atoms. The highest BCUT2D eigenvalue weighted by molar-refractivity contribution is 5.88. The van der Waals surface area contributed by atoms with Crippen LogP contribution in [-0.2, 0) is 14.3 Å². The first-order valence-electron chi connectivity index (χ1n) is 8.68. The predicted octanol–water partition coefficient (Wildman–Crippen LogP) is 2.47. The molecule has 1 rings (SSSR count). The number of hydrogen-bond acceptors (Lipinski definition) is 4. The molecule has 1 fully saturated rings. The molecule has 0 aliphatic carbocycles. The monoisotopic (exact) mass is 324 g/mol. The summed E-state index contributed by atoms with van der Waals surface area (Å²) in [6.45, 7) is 10.3. The second-order valence-corrected chi connectivity index (χ2v) is 6.69. The fourth-order valence-corrected chi connectivity index (χ4v) is 2.88. The Morgan fingerprint density at radius 3 is 2.43 bits per heavy atom. The summed E-state index contributed by atoms with van der Waals surface area (Å²) in [4.78, 5) is 28.2. The van der Waals surface area contributed by atoms with E-state index in [1.807, 2.05) is 13.8 Å². The standard InChI is InChI=1S/C18H32N2O3/c1-15(2)13-17(21)20(14-16(3)18(22)23-4)12-8-7-11-19-9-5-6-10-19/h13,16H,5-12,14H2,1-4H3. The number of allylic oxidation sites excluding steroid dienone is 1. The molecule has 1 aliphatic heterocycles. The number of ether oxygens (including phenoxy) is 1. The first-order valence-corrected chi connectivity index (χ1v) is 8.68. The van der Waals surface area contributed by atoms with Crippen molar-refractivity contribution in [1.29, 1.82) is 0 Å². The number of methoxy groups -OCH3 is 1. The van der Waals surface area contributed by atoms with Crippen LogP contribution in [0.3, 0.4) is 0 Å². The minimum absolute atomic E-state index is 0.0121. The third-order valence-corrected chi connectivity index (χ3v) is 4.17. The third kappa shape index (κ3) is 7.64. The van der Waals surface area contributed by atoms with E-state index < -0.39 is 0 Å². The minimum Gasteiger partial charge on any atom is -0.469 e. The normalized spacial score (nSPS) is 16.0. The van der Waals surface area contributed by atoms with Gasteiger partial charge in [-0.05, 0) is 59.2 Å². The molecule has 5 nitrogen and oxygen atoms in total. The summed E-state index contributed by atoms with van der Waals surface area (Å²) >= 11 is 0. The molecule has 1 atom stereocenters. The Kier molecular flexibility index (Phi) is 8.92. The van der Waals surface area contributed by atoms with Gasteiger partial charge in [0.05, 0.1) is 13.0 Å². The van der Waals surface area contributed by atoms with Gasteiger partial charge in [0.25, 0.3) is 0 Å². The molecular weight excluding hydrogens is 292 g/mol. The zero-order chi connectivity index (χ0) is 17.2. The van der Waals surface area contributed by atoms with E-state index >= 15 is 0 Å². The maximum absolute atomic E-state index is 12.3. The van der Waals surface area contributed by atoms with Crippen molar-refractivity contribution in [3.63, 3.8) is 0 Å². The van der Waals surface area contributed by atoms with Crippen LogP contribution < -0.4 is 0 Å². The smallest absolute Gasteiger partial charge is 0.310 e. The van der Waals surface area contributed by atoms with Crippen molar-refractivity contribution in [3.8, 4) is 0 Å². The number of carbonyl (C=O) groups excluding carboxylic acids is 2. The third-order valence-electron chi connectivity index (χ3n) is 4.17. The van der Waals surface area contributed by atoms with Crippen molar-refractivity contribution in [3.05, 3.63) is 11.6 Å². The summed E-state index contributed by atoms with van der Waals surface area (Å²) in [5.41, 5.74) is 0.975. The van der Waals surface area contributed by atoms with E-state index in [-0.39, 0.29) is 17.8 Å². The van der Waals surface area contributed by atoms with E-state index in [0.29, 0.717) is 13.1 Å². The molecule has 5 heteroatoms. The van der Waals surface area contributed by atoms with Gasteiger partial charge in [0, 0.05) is 19.2 Å². The van der Waals surface area contributed by atoms with Crippen LogP contribution in [0.5, 0.6) is 0 Å². The molecule has 1 saturated heterocycles. The van der Waals surface area contributed by atoms with Gasteiger partial charge < -0.3 is 14.5 Å². The zero-order valence-electron chi connectivity index (χ0n) is 15.1.